The fourth-order valence-corrected chi connectivity index (χ4v) is 2.21. The predicted octanol–water partition coefficient (Wildman–Crippen LogP) is 2.52. The Kier molecular flexibility index (Phi) is 4.58. The largest absolute Gasteiger partial charge is 0.494 e. The molecule has 1 unspecified atom stereocenters. The number of nitrogens with zero attached hydrogens (tertiary/aromatic N) is 2. The second kappa shape index (κ2) is 6.38. The highest BCUT2D eigenvalue weighted by Gasteiger charge is 2.20. The van der Waals surface area contributed by atoms with Gasteiger partial charge in [-0.3, -0.25) is 0 Å². The van der Waals surface area contributed by atoms with Crippen LogP contribution in [0.5, 0.6) is 5.75 Å². The van der Waals surface area contributed by atoms with E-state index in [2.05, 4.69) is 23.3 Å². The maximum atomic E-state index is 5.73. The van der Waals surface area contributed by atoms with Gasteiger partial charge in [0.25, 0.3) is 0 Å². The standard InChI is InChI=1S/C15H21N3O/c1-4-16-14(15-17-10-11-18(15)3)12-8-6-7-9-13(12)19-5-2/h6-11,14,16H,4-5H2,1-3H3. The summed E-state index contributed by atoms with van der Waals surface area (Å²) in [6.07, 6.45) is 3.78. The molecule has 4 nitrogen and oxygen atoms in total. The Morgan fingerprint density at radius 2 is 2.11 bits per heavy atom. The van der Waals surface area contributed by atoms with Crippen LogP contribution in [0.3, 0.4) is 0 Å². The Labute approximate surface area is 114 Å². The van der Waals surface area contributed by atoms with E-state index in [-0.39, 0.29) is 6.04 Å². The maximum absolute atomic E-state index is 5.73. The first-order chi connectivity index (χ1) is 9.27. The predicted molar refractivity (Wildman–Crippen MR) is 76.3 cm³/mol. The van der Waals surface area contributed by atoms with Crippen LogP contribution in [0.25, 0.3) is 0 Å². The van der Waals surface area contributed by atoms with Crippen molar-refractivity contribution in [1.82, 2.24) is 14.9 Å². The van der Waals surface area contributed by atoms with E-state index in [1.807, 2.05) is 49.1 Å². The molecule has 19 heavy (non-hydrogen) atoms. The fraction of sp³-hybridized carbons (Fsp3) is 0.400. The Balaban J connectivity index is 2.42. The topological polar surface area (TPSA) is 39.1 Å². The number of rotatable bonds is 6. The van der Waals surface area contributed by atoms with Crippen molar-refractivity contribution in [3.8, 4) is 5.75 Å². The lowest BCUT2D eigenvalue weighted by molar-refractivity contribution is 0.333. The third kappa shape index (κ3) is 2.96. The summed E-state index contributed by atoms with van der Waals surface area (Å²) in [5.74, 6) is 1.91. The van der Waals surface area contributed by atoms with E-state index in [0.717, 1.165) is 23.7 Å². The van der Waals surface area contributed by atoms with Crippen molar-refractivity contribution in [1.29, 1.82) is 0 Å². The van der Waals surface area contributed by atoms with Gasteiger partial charge in [0.2, 0.25) is 0 Å². The summed E-state index contributed by atoms with van der Waals surface area (Å²) in [5.41, 5.74) is 1.13. The van der Waals surface area contributed by atoms with E-state index in [4.69, 9.17) is 4.74 Å². The van der Waals surface area contributed by atoms with Crippen LogP contribution in [0.4, 0.5) is 0 Å². The second-order valence-electron chi connectivity index (χ2n) is 4.36. The Morgan fingerprint density at radius 3 is 2.74 bits per heavy atom. The van der Waals surface area contributed by atoms with Crippen LogP contribution in [-0.4, -0.2) is 22.7 Å². The van der Waals surface area contributed by atoms with Crippen LogP contribution in [0.1, 0.15) is 31.3 Å². The van der Waals surface area contributed by atoms with Gasteiger partial charge in [-0.15, -0.1) is 0 Å². The zero-order valence-corrected chi connectivity index (χ0v) is 11.8. The fourth-order valence-electron chi connectivity index (χ4n) is 2.21. The van der Waals surface area contributed by atoms with Crippen LogP contribution >= 0.6 is 0 Å². The molecule has 4 heteroatoms. The summed E-state index contributed by atoms with van der Waals surface area (Å²) in [4.78, 5) is 4.46. The summed E-state index contributed by atoms with van der Waals surface area (Å²) in [6.45, 7) is 5.63. The van der Waals surface area contributed by atoms with E-state index in [9.17, 15) is 0 Å². The van der Waals surface area contributed by atoms with E-state index in [0.29, 0.717) is 6.61 Å². The Hall–Kier alpha value is -1.81. The number of ether oxygens (including phenoxy) is 1. The molecule has 0 bridgehead atoms. The molecule has 2 aromatic rings. The molecule has 1 atom stereocenters. The van der Waals surface area contributed by atoms with Crippen LogP contribution in [0.15, 0.2) is 36.7 Å². The molecule has 0 aliphatic rings. The molecule has 102 valence electrons. The molecule has 1 heterocycles. The van der Waals surface area contributed by atoms with Crippen LogP contribution in [-0.2, 0) is 7.05 Å². The summed E-state index contributed by atoms with van der Waals surface area (Å²) < 4.78 is 7.76. The first kappa shape index (κ1) is 13.6. The van der Waals surface area contributed by atoms with Gasteiger partial charge in [0.1, 0.15) is 11.6 Å². The van der Waals surface area contributed by atoms with Crippen molar-refractivity contribution in [2.75, 3.05) is 13.2 Å². The molecule has 0 spiro atoms. The Bertz CT molecular complexity index is 522. The van der Waals surface area contributed by atoms with Crippen molar-refractivity contribution in [3.05, 3.63) is 48.0 Å². The first-order valence-corrected chi connectivity index (χ1v) is 6.70. The molecule has 0 aliphatic carbocycles. The highest BCUT2D eigenvalue weighted by Crippen LogP contribution is 2.29. The van der Waals surface area contributed by atoms with Crippen molar-refractivity contribution in [2.24, 2.45) is 7.05 Å². The van der Waals surface area contributed by atoms with Crippen LogP contribution in [0.2, 0.25) is 0 Å². The molecule has 1 aromatic carbocycles. The average molecular weight is 259 g/mol. The summed E-state index contributed by atoms with van der Waals surface area (Å²) in [5, 5.41) is 3.48. The lowest BCUT2D eigenvalue weighted by atomic mass is 10.0. The summed E-state index contributed by atoms with van der Waals surface area (Å²) >= 11 is 0. The van der Waals surface area contributed by atoms with Crippen molar-refractivity contribution in [2.45, 2.75) is 19.9 Å². The molecule has 0 saturated heterocycles. The summed E-state index contributed by atoms with van der Waals surface area (Å²) in [6, 6.07) is 8.17. The quantitative estimate of drug-likeness (QED) is 0.866. The van der Waals surface area contributed by atoms with Gasteiger partial charge in [0.05, 0.1) is 12.6 Å². The van der Waals surface area contributed by atoms with Crippen LogP contribution < -0.4 is 10.1 Å². The SMILES string of the molecule is CCNC(c1ccccc1OCC)c1nccn1C. The molecule has 0 amide bonds. The molecule has 0 saturated carbocycles. The van der Waals surface area contributed by atoms with E-state index in [1.165, 1.54) is 0 Å². The molecule has 1 aromatic heterocycles. The molecule has 1 N–H and O–H groups in total. The number of aromatic nitrogens is 2. The summed E-state index contributed by atoms with van der Waals surface area (Å²) in [7, 11) is 2.01. The van der Waals surface area contributed by atoms with E-state index >= 15 is 0 Å². The maximum Gasteiger partial charge on any atom is 0.130 e. The van der Waals surface area contributed by atoms with Gasteiger partial charge in [-0.25, -0.2) is 4.98 Å². The lowest BCUT2D eigenvalue weighted by Crippen LogP contribution is -2.25. The monoisotopic (exact) mass is 259 g/mol. The molecule has 0 radical (unpaired) electrons. The highest BCUT2D eigenvalue weighted by atomic mass is 16.5. The van der Waals surface area contributed by atoms with Crippen molar-refractivity contribution < 1.29 is 4.74 Å². The number of aryl methyl sites for hydroxylation is 1. The van der Waals surface area contributed by atoms with Gasteiger partial charge in [0.15, 0.2) is 0 Å². The van der Waals surface area contributed by atoms with Gasteiger partial charge < -0.3 is 14.6 Å². The number of imidazole rings is 1. The first-order valence-electron chi connectivity index (χ1n) is 6.70. The minimum atomic E-state index is 0.0488. The molecule has 2 rings (SSSR count). The van der Waals surface area contributed by atoms with Crippen molar-refractivity contribution in [3.63, 3.8) is 0 Å². The van der Waals surface area contributed by atoms with E-state index in [1.54, 1.807) is 0 Å². The van der Waals surface area contributed by atoms with Gasteiger partial charge >= 0.3 is 0 Å². The number of para-hydroxylation sites is 1. The van der Waals surface area contributed by atoms with Gasteiger partial charge in [-0.2, -0.15) is 0 Å². The minimum absolute atomic E-state index is 0.0488. The van der Waals surface area contributed by atoms with Gasteiger partial charge in [-0.05, 0) is 19.5 Å². The number of hydrogen-bond donors (Lipinski definition) is 1. The smallest absolute Gasteiger partial charge is 0.130 e. The van der Waals surface area contributed by atoms with Crippen molar-refractivity contribution >= 4 is 0 Å². The molecular formula is C15H21N3O. The normalized spacial score (nSPS) is 12.4. The highest BCUT2D eigenvalue weighted by molar-refractivity contribution is 5.39. The molecule has 0 fully saturated rings. The zero-order valence-electron chi connectivity index (χ0n) is 11.8. The lowest BCUT2D eigenvalue weighted by Gasteiger charge is -2.21. The molecule has 0 aliphatic heterocycles. The number of nitrogens with one attached hydrogen (secondary N) is 1. The zero-order chi connectivity index (χ0) is 13.7. The van der Waals surface area contributed by atoms with Crippen LogP contribution in [0, 0.1) is 0 Å². The number of hydrogen-bond acceptors (Lipinski definition) is 3. The Morgan fingerprint density at radius 1 is 1.32 bits per heavy atom. The van der Waals surface area contributed by atoms with Gasteiger partial charge in [-0.1, -0.05) is 25.1 Å². The number of benzene rings is 1. The van der Waals surface area contributed by atoms with E-state index < -0.39 is 0 Å². The van der Waals surface area contributed by atoms with Gasteiger partial charge in [0, 0.05) is 25.0 Å². The average Bonchev–Trinajstić information content (AvgIpc) is 2.84. The third-order valence-corrected chi connectivity index (χ3v) is 3.05. The minimum Gasteiger partial charge on any atom is -0.494 e. The second-order valence-corrected chi connectivity index (χ2v) is 4.36. The third-order valence-electron chi connectivity index (χ3n) is 3.05. The molecular weight excluding hydrogens is 238 g/mol.